The summed E-state index contributed by atoms with van der Waals surface area (Å²) in [5, 5.41) is 3.52. The molecule has 3 aromatic rings. The summed E-state index contributed by atoms with van der Waals surface area (Å²) < 4.78 is 13.3. The van der Waals surface area contributed by atoms with Gasteiger partial charge in [-0.2, -0.15) is 0 Å². The van der Waals surface area contributed by atoms with Crippen molar-refractivity contribution < 1.29 is 14.0 Å². The van der Waals surface area contributed by atoms with Gasteiger partial charge in [0, 0.05) is 10.7 Å². The van der Waals surface area contributed by atoms with Crippen molar-refractivity contribution in [2.75, 3.05) is 10.2 Å². The van der Waals surface area contributed by atoms with Gasteiger partial charge in [-0.3, -0.25) is 9.59 Å². The molecular weight excluding hydrogens is 391 g/mol. The van der Waals surface area contributed by atoms with Crippen molar-refractivity contribution >= 4 is 40.4 Å². The molecule has 144 valence electrons. The maximum Gasteiger partial charge on any atom is 0.282 e. The lowest BCUT2D eigenvalue weighted by atomic mass is 10.0. The van der Waals surface area contributed by atoms with Gasteiger partial charge >= 0.3 is 0 Å². The van der Waals surface area contributed by atoms with Gasteiger partial charge < -0.3 is 5.32 Å². The van der Waals surface area contributed by atoms with Gasteiger partial charge in [-0.25, -0.2) is 9.29 Å². The predicted octanol–water partition coefficient (Wildman–Crippen LogP) is 5.18. The molecule has 0 unspecified atom stereocenters. The Balaban J connectivity index is 1.83. The summed E-state index contributed by atoms with van der Waals surface area (Å²) in [6, 6.07) is 19.5. The van der Waals surface area contributed by atoms with Crippen LogP contribution >= 0.6 is 11.6 Å². The molecule has 1 aliphatic heterocycles. The first-order chi connectivity index (χ1) is 14.0. The molecule has 0 saturated carbocycles. The number of imide groups is 1. The Morgan fingerprint density at radius 3 is 2.17 bits per heavy atom. The fourth-order valence-electron chi connectivity index (χ4n) is 3.24. The molecular formula is C23H16ClFN2O2. The molecule has 0 fully saturated rings. The van der Waals surface area contributed by atoms with E-state index in [9.17, 15) is 14.0 Å². The number of benzene rings is 3. The monoisotopic (exact) mass is 406 g/mol. The Morgan fingerprint density at radius 2 is 1.52 bits per heavy atom. The molecule has 0 radical (unpaired) electrons. The highest BCUT2D eigenvalue weighted by Crippen LogP contribution is 2.35. The third kappa shape index (κ3) is 3.52. The molecule has 1 heterocycles. The van der Waals surface area contributed by atoms with Crippen LogP contribution < -0.4 is 10.2 Å². The van der Waals surface area contributed by atoms with Gasteiger partial charge in [-0.1, -0.05) is 41.9 Å². The second-order valence-electron chi connectivity index (χ2n) is 6.62. The average molecular weight is 407 g/mol. The number of rotatable bonds is 4. The summed E-state index contributed by atoms with van der Waals surface area (Å²) in [6.45, 7) is 1.84. The minimum Gasteiger partial charge on any atom is -0.350 e. The number of hydrogen-bond acceptors (Lipinski definition) is 3. The van der Waals surface area contributed by atoms with Gasteiger partial charge in [0.25, 0.3) is 11.8 Å². The van der Waals surface area contributed by atoms with E-state index in [0.717, 1.165) is 10.5 Å². The third-order valence-electron chi connectivity index (χ3n) is 4.69. The lowest BCUT2D eigenvalue weighted by Gasteiger charge is -2.17. The first kappa shape index (κ1) is 18.9. The van der Waals surface area contributed by atoms with Gasteiger partial charge in [-0.15, -0.1) is 0 Å². The van der Waals surface area contributed by atoms with Crippen molar-refractivity contribution in [1.82, 2.24) is 0 Å². The number of halogens is 2. The van der Waals surface area contributed by atoms with Crippen LogP contribution in [0.15, 0.2) is 78.5 Å². The molecule has 2 amide bonds. The second-order valence-corrected chi connectivity index (χ2v) is 7.06. The van der Waals surface area contributed by atoms with Crippen LogP contribution in [0.5, 0.6) is 0 Å². The summed E-state index contributed by atoms with van der Waals surface area (Å²) in [6.07, 6.45) is 0. The Morgan fingerprint density at radius 1 is 0.862 bits per heavy atom. The molecule has 0 atom stereocenters. The summed E-state index contributed by atoms with van der Waals surface area (Å²) in [5.41, 5.74) is 2.75. The number of para-hydroxylation sites is 1. The van der Waals surface area contributed by atoms with Crippen LogP contribution in [-0.4, -0.2) is 11.8 Å². The standard InChI is InChI=1S/C23H16ClFN2O2/c1-14-4-2-3-5-19(14)27-22(28)20(15-6-8-16(24)9-7-15)21(23(27)29)26-18-12-10-17(25)11-13-18/h2-13,26H,1H3. The molecule has 4 rings (SSSR count). The van der Waals surface area contributed by atoms with E-state index in [4.69, 9.17) is 11.6 Å². The molecule has 6 heteroatoms. The Kier molecular flexibility index (Phi) is 4.91. The maximum absolute atomic E-state index is 13.3. The van der Waals surface area contributed by atoms with Crippen molar-refractivity contribution in [3.05, 3.63) is 100 Å². The van der Waals surface area contributed by atoms with Crippen LogP contribution in [0, 0.1) is 12.7 Å². The van der Waals surface area contributed by atoms with Crippen molar-refractivity contribution in [2.24, 2.45) is 0 Å². The smallest absolute Gasteiger partial charge is 0.282 e. The third-order valence-corrected chi connectivity index (χ3v) is 4.94. The van der Waals surface area contributed by atoms with Crippen molar-refractivity contribution in [3.8, 4) is 0 Å². The lowest BCUT2D eigenvalue weighted by molar-refractivity contribution is -0.120. The van der Waals surface area contributed by atoms with Gasteiger partial charge in [0.2, 0.25) is 0 Å². The van der Waals surface area contributed by atoms with Gasteiger partial charge in [0.05, 0.1) is 11.3 Å². The lowest BCUT2D eigenvalue weighted by Crippen LogP contribution is -2.33. The van der Waals surface area contributed by atoms with E-state index in [0.29, 0.717) is 22.0 Å². The van der Waals surface area contributed by atoms with Crippen LogP contribution in [0.3, 0.4) is 0 Å². The topological polar surface area (TPSA) is 49.4 Å². The summed E-state index contributed by atoms with van der Waals surface area (Å²) in [7, 11) is 0. The number of carbonyl (C=O) groups is 2. The van der Waals surface area contributed by atoms with E-state index in [1.54, 1.807) is 36.4 Å². The number of carbonyl (C=O) groups excluding carboxylic acids is 2. The molecule has 1 aliphatic rings. The average Bonchev–Trinajstić information content (AvgIpc) is 2.95. The minimum atomic E-state index is -0.474. The van der Waals surface area contributed by atoms with Crippen LogP contribution in [0.1, 0.15) is 11.1 Å². The zero-order valence-corrected chi connectivity index (χ0v) is 16.2. The molecule has 0 aromatic heterocycles. The van der Waals surface area contributed by atoms with Gasteiger partial charge in [0.1, 0.15) is 11.5 Å². The first-order valence-electron chi connectivity index (χ1n) is 8.93. The molecule has 0 saturated heterocycles. The van der Waals surface area contributed by atoms with Crippen LogP contribution in [0.25, 0.3) is 5.57 Å². The molecule has 4 nitrogen and oxygen atoms in total. The van der Waals surface area contributed by atoms with E-state index in [2.05, 4.69) is 5.32 Å². The SMILES string of the molecule is Cc1ccccc1N1C(=O)C(Nc2ccc(F)cc2)=C(c2ccc(Cl)cc2)C1=O. The second kappa shape index (κ2) is 7.53. The zero-order valence-electron chi connectivity index (χ0n) is 15.4. The van der Waals surface area contributed by atoms with E-state index in [-0.39, 0.29) is 11.3 Å². The molecule has 0 aliphatic carbocycles. The highest BCUT2D eigenvalue weighted by molar-refractivity contribution is 6.46. The number of nitrogens with one attached hydrogen (secondary N) is 1. The van der Waals surface area contributed by atoms with Gasteiger partial charge in [0.15, 0.2) is 0 Å². The summed E-state index contributed by atoms with van der Waals surface area (Å²) in [4.78, 5) is 27.8. The highest BCUT2D eigenvalue weighted by atomic mass is 35.5. The zero-order chi connectivity index (χ0) is 20.5. The molecule has 3 aromatic carbocycles. The molecule has 1 N–H and O–H groups in total. The normalized spacial score (nSPS) is 14.0. The predicted molar refractivity (Wildman–Crippen MR) is 112 cm³/mol. The molecule has 0 bridgehead atoms. The Hall–Kier alpha value is -3.44. The first-order valence-corrected chi connectivity index (χ1v) is 9.31. The maximum atomic E-state index is 13.3. The number of amides is 2. The van der Waals surface area contributed by atoms with E-state index in [1.807, 2.05) is 19.1 Å². The van der Waals surface area contributed by atoms with Crippen LogP contribution in [-0.2, 0) is 9.59 Å². The quantitative estimate of drug-likeness (QED) is 0.607. The molecule has 29 heavy (non-hydrogen) atoms. The van der Waals surface area contributed by atoms with E-state index >= 15 is 0 Å². The number of aryl methyl sites for hydroxylation is 1. The number of hydrogen-bond donors (Lipinski definition) is 1. The largest absolute Gasteiger partial charge is 0.350 e. The highest BCUT2D eigenvalue weighted by Gasteiger charge is 2.40. The fourth-order valence-corrected chi connectivity index (χ4v) is 3.37. The van der Waals surface area contributed by atoms with Crippen molar-refractivity contribution in [1.29, 1.82) is 0 Å². The van der Waals surface area contributed by atoms with E-state index < -0.39 is 17.6 Å². The van der Waals surface area contributed by atoms with E-state index in [1.165, 1.54) is 24.3 Å². The van der Waals surface area contributed by atoms with Crippen molar-refractivity contribution in [3.63, 3.8) is 0 Å². The number of anilines is 2. The Labute approximate surface area is 172 Å². The van der Waals surface area contributed by atoms with Gasteiger partial charge in [-0.05, 0) is 60.5 Å². The van der Waals surface area contributed by atoms with Crippen molar-refractivity contribution in [2.45, 2.75) is 6.92 Å². The Bertz CT molecular complexity index is 1140. The van der Waals surface area contributed by atoms with Crippen LogP contribution in [0.2, 0.25) is 5.02 Å². The fraction of sp³-hybridized carbons (Fsp3) is 0.0435. The summed E-state index contributed by atoms with van der Waals surface area (Å²) >= 11 is 5.98. The summed E-state index contributed by atoms with van der Waals surface area (Å²) in [5.74, 6) is -1.30. The van der Waals surface area contributed by atoms with Crippen LogP contribution in [0.4, 0.5) is 15.8 Å². The molecule has 0 spiro atoms. The number of nitrogens with zero attached hydrogens (tertiary/aromatic N) is 1. The minimum absolute atomic E-state index is 0.132.